The first kappa shape index (κ1) is 15.9. The molecule has 0 amide bonds. The summed E-state index contributed by atoms with van der Waals surface area (Å²) in [5.41, 5.74) is 1.16. The summed E-state index contributed by atoms with van der Waals surface area (Å²) in [6.45, 7) is 5.02. The number of alkyl halides is 3. The molecule has 1 aromatic carbocycles. The summed E-state index contributed by atoms with van der Waals surface area (Å²) < 4.78 is 45.2. The van der Waals surface area contributed by atoms with Crippen molar-refractivity contribution >= 4 is 27.5 Å². The third-order valence-electron chi connectivity index (χ3n) is 1.95. The van der Waals surface area contributed by atoms with Gasteiger partial charge in [0.15, 0.2) is 0 Å². The van der Waals surface area contributed by atoms with Gasteiger partial charge in [0.2, 0.25) is 0 Å². The maximum atomic E-state index is 11.9. The van der Waals surface area contributed by atoms with Crippen molar-refractivity contribution < 1.29 is 25.8 Å². The Hall–Kier alpha value is -1.18. The van der Waals surface area contributed by atoms with Crippen molar-refractivity contribution in [1.82, 2.24) is 0 Å². The number of hydrogen-bond acceptors (Lipinski definition) is 3. The van der Waals surface area contributed by atoms with E-state index in [9.17, 15) is 18.0 Å². The first-order valence-corrected chi connectivity index (χ1v) is 8.40. The molecule has 1 rings (SSSR count). The van der Waals surface area contributed by atoms with Gasteiger partial charge in [-0.3, -0.25) is 0 Å². The minimum absolute atomic E-state index is 0.263. The molecule has 0 aliphatic heterocycles. The van der Waals surface area contributed by atoms with E-state index in [2.05, 4.69) is 11.3 Å². The van der Waals surface area contributed by atoms with Crippen LogP contribution in [-0.2, 0) is 12.3 Å². The number of benzene rings is 1. The fourth-order valence-electron chi connectivity index (χ4n) is 1.08. The molecule has 0 aromatic heterocycles. The van der Waals surface area contributed by atoms with Crippen LogP contribution in [0.3, 0.4) is 0 Å². The van der Waals surface area contributed by atoms with Gasteiger partial charge in [0, 0.05) is 0 Å². The van der Waals surface area contributed by atoms with Crippen LogP contribution in [0.4, 0.5) is 13.2 Å². The maximum absolute atomic E-state index is 11.9. The number of ether oxygens (including phenoxy) is 1. The van der Waals surface area contributed by atoms with Crippen molar-refractivity contribution in [2.75, 3.05) is 0 Å². The van der Waals surface area contributed by atoms with Crippen LogP contribution >= 0.6 is 0 Å². The molecule has 102 valence electrons. The van der Waals surface area contributed by atoms with Crippen LogP contribution in [-0.4, -0.2) is 33.9 Å². The second-order valence-electron chi connectivity index (χ2n) is 3.68. The van der Waals surface area contributed by atoms with Crippen LogP contribution < -0.4 is 4.74 Å². The van der Waals surface area contributed by atoms with E-state index in [-0.39, 0.29) is 5.75 Å². The van der Waals surface area contributed by atoms with Crippen LogP contribution in [0.2, 0.25) is 0 Å². The number of carbonyl (C=O) groups excluding carboxylic acids is 1. The van der Waals surface area contributed by atoms with Crippen molar-refractivity contribution in [3.8, 4) is 5.75 Å². The van der Waals surface area contributed by atoms with Gasteiger partial charge in [-0.1, -0.05) is 0 Å². The van der Waals surface area contributed by atoms with Crippen LogP contribution in [0.1, 0.15) is 12.5 Å². The van der Waals surface area contributed by atoms with Crippen molar-refractivity contribution in [1.29, 1.82) is 0 Å². The minimum atomic E-state index is -4.69. The van der Waals surface area contributed by atoms with Crippen LogP contribution in [0.25, 0.3) is 0 Å². The van der Waals surface area contributed by atoms with Gasteiger partial charge in [-0.2, -0.15) is 0 Å². The van der Waals surface area contributed by atoms with Gasteiger partial charge in [-0.15, -0.1) is 0 Å². The first-order valence-electron chi connectivity index (χ1n) is 5.22. The predicted molar refractivity (Wildman–Crippen MR) is 63.5 cm³/mol. The molecule has 0 saturated carbocycles. The second kappa shape index (κ2) is 6.83. The van der Waals surface area contributed by atoms with Gasteiger partial charge >= 0.3 is 119 Å². The first-order chi connectivity index (χ1) is 8.78. The Balaban J connectivity index is 2.45. The molecular weight excluding hydrogens is 368 g/mol. The number of hydrogen-bond donors (Lipinski definition) is 0. The molecule has 0 bridgehead atoms. The summed E-state index contributed by atoms with van der Waals surface area (Å²) in [5, 5.41) is 0. The van der Waals surface area contributed by atoms with Gasteiger partial charge in [0.1, 0.15) is 0 Å². The zero-order chi connectivity index (χ0) is 14.5. The molecule has 0 aliphatic carbocycles. The average Bonchev–Trinajstić information content (AvgIpc) is 2.29. The van der Waals surface area contributed by atoms with E-state index >= 15 is 0 Å². The molecule has 19 heavy (non-hydrogen) atoms. The molecule has 0 fully saturated rings. The molecule has 0 N–H and O–H groups in total. The Labute approximate surface area is 119 Å². The van der Waals surface area contributed by atoms with Crippen LogP contribution in [0, 0.1) is 0 Å². The van der Waals surface area contributed by atoms with Gasteiger partial charge in [0.05, 0.1) is 0 Å². The zero-order valence-electron chi connectivity index (χ0n) is 10.1. The topological polar surface area (TPSA) is 35.5 Å². The van der Waals surface area contributed by atoms with E-state index in [1.54, 1.807) is 6.92 Å². The fourth-order valence-corrected chi connectivity index (χ4v) is 3.31. The molecule has 0 atom stereocenters. The molecule has 3 nitrogen and oxygen atoms in total. The van der Waals surface area contributed by atoms with Crippen molar-refractivity contribution in [2.24, 2.45) is 0 Å². The van der Waals surface area contributed by atoms with E-state index < -0.39 is 33.9 Å². The average molecular weight is 379 g/mol. The molecular formula is C12H11F3O3Sn. The summed E-state index contributed by atoms with van der Waals surface area (Å²) in [6, 6.07) is 5.53. The van der Waals surface area contributed by atoms with E-state index in [1.165, 1.54) is 24.3 Å². The van der Waals surface area contributed by atoms with Crippen LogP contribution in [0.15, 0.2) is 36.4 Å². The van der Waals surface area contributed by atoms with E-state index in [0.717, 1.165) is 5.56 Å². The summed E-state index contributed by atoms with van der Waals surface area (Å²) in [5.74, 6) is -0.677. The zero-order valence-corrected chi connectivity index (χ0v) is 12.9. The third-order valence-corrected chi connectivity index (χ3v) is 4.46. The van der Waals surface area contributed by atoms with Crippen molar-refractivity contribution in [3.05, 3.63) is 42.0 Å². The Kier molecular flexibility index (Phi) is 5.71. The van der Waals surface area contributed by atoms with Crippen LogP contribution in [0.5, 0.6) is 5.75 Å². The standard InChI is InChI=1S/C8H6F3O.C4H6O2.Sn/c1-6-2-4-7(5-3-6)12-8(9,10)11;1-3(2)4(5)6;/h2-5H,1H2;1H2,2H3,(H,5,6);/q;;+1/p-1. The molecule has 2 radical (unpaired) electrons. The molecule has 0 saturated heterocycles. The summed E-state index contributed by atoms with van der Waals surface area (Å²) >= 11 is -1.37. The molecule has 0 heterocycles. The van der Waals surface area contributed by atoms with Gasteiger partial charge in [-0.05, 0) is 0 Å². The fraction of sp³-hybridized carbons (Fsp3) is 0.250. The molecule has 1 aromatic rings. The predicted octanol–water partition coefficient (Wildman–Crippen LogP) is 2.82. The Morgan fingerprint density at radius 3 is 2.37 bits per heavy atom. The van der Waals surface area contributed by atoms with Gasteiger partial charge < -0.3 is 0 Å². The molecule has 7 heteroatoms. The van der Waals surface area contributed by atoms with E-state index in [0.29, 0.717) is 10.0 Å². The Bertz CT molecular complexity index is 454. The van der Waals surface area contributed by atoms with Gasteiger partial charge in [-0.25, -0.2) is 0 Å². The normalized spacial score (nSPS) is 10.9. The SMILES string of the molecule is C=C(C)C(=O)[O][Sn][CH2]c1ccc(OC(F)(F)F)cc1. The van der Waals surface area contributed by atoms with Crippen molar-refractivity contribution in [3.63, 3.8) is 0 Å². The second-order valence-corrected chi connectivity index (χ2v) is 6.10. The molecule has 0 aliphatic rings. The number of halogens is 3. The third kappa shape index (κ3) is 6.51. The van der Waals surface area contributed by atoms with Gasteiger partial charge in [0.25, 0.3) is 0 Å². The molecule has 0 unspecified atom stereocenters. The summed E-state index contributed by atoms with van der Waals surface area (Å²) in [4.78, 5) is 11.1. The molecule has 0 spiro atoms. The monoisotopic (exact) mass is 380 g/mol. The summed E-state index contributed by atoms with van der Waals surface area (Å²) in [6.07, 6.45) is -4.69. The quantitative estimate of drug-likeness (QED) is 0.584. The van der Waals surface area contributed by atoms with Crippen molar-refractivity contribution in [2.45, 2.75) is 17.7 Å². The number of rotatable bonds is 5. The Morgan fingerprint density at radius 2 is 1.89 bits per heavy atom. The number of carbonyl (C=O) groups is 1. The summed E-state index contributed by atoms with van der Waals surface area (Å²) in [7, 11) is 0. The Morgan fingerprint density at radius 1 is 1.32 bits per heavy atom. The van der Waals surface area contributed by atoms with E-state index in [1.807, 2.05) is 0 Å². The van der Waals surface area contributed by atoms with E-state index in [4.69, 9.17) is 3.07 Å².